The Morgan fingerprint density at radius 3 is 2.53 bits per heavy atom. The lowest BCUT2D eigenvalue weighted by atomic mass is 10.1. The summed E-state index contributed by atoms with van der Waals surface area (Å²) in [5.41, 5.74) is 4.52. The summed E-state index contributed by atoms with van der Waals surface area (Å²) in [6.45, 7) is 9.84. The zero-order chi connectivity index (χ0) is 11.3. The lowest BCUT2D eigenvalue weighted by Gasteiger charge is -1.99. The Balaban J connectivity index is 2.89. The van der Waals surface area contributed by atoms with Crippen LogP contribution in [-0.2, 0) is 0 Å². The van der Waals surface area contributed by atoms with Crippen molar-refractivity contribution in [2.45, 2.75) is 20.8 Å². The number of rotatable bonds is 3. The maximum absolute atomic E-state index is 4.36. The summed E-state index contributed by atoms with van der Waals surface area (Å²) in [5, 5.41) is 0. The van der Waals surface area contributed by atoms with Crippen LogP contribution in [0.4, 0.5) is 0 Å². The Kier molecular flexibility index (Phi) is 4.04. The molecule has 0 aliphatic carbocycles. The van der Waals surface area contributed by atoms with E-state index in [2.05, 4.69) is 30.6 Å². The van der Waals surface area contributed by atoms with Crippen LogP contribution < -0.4 is 0 Å². The smallest absolute Gasteiger partial charge is 0.0658 e. The van der Waals surface area contributed by atoms with Gasteiger partial charge in [0.2, 0.25) is 0 Å². The maximum Gasteiger partial charge on any atom is 0.0658 e. The van der Waals surface area contributed by atoms with E-state index in [0.717, 1.165) is 16.8 Å². The molecule has 0 saturated heterocycles. The second kappa shape index (κ2) is 5.30. The molecule has 0 radical (unpaired) electrons. The van der Waals surface area contributed by atoms with Crippen LogP contribution in [0.1, 0.15) is 25.1 Å². The van der Waals surface area contributed by atoms with Gasteiger partial charge in [-0.1, -0.05) is 36.4 Å². The van der Waals surface area contributed by atoms with Crippen molar-refractivity contribution in [3.8, 4) is 0 Å². The predicted octanol–water partition coefficient (Wildman–Crippen LogP) is 3.93. The SMILES string of the molecule is C=C/C(C)=C\C=C(/C)c1ccc(C)cn1. The van der Waals surface area contributed by atoms with Gasteiger partial charge in [0.05, 0.1) is 5.69 Å². The van der Waals surface area contributed by atoms with E-state index in [1.807, 2.05) is 38.3 Å². The molecule has 0 aromatic carbocycles. The minimum atomic E-state index is 1.02. The van der Waals surface area contributed by atoms with Gasteiger partial charge in [0, 0.05) is 6.20 Å². The molecule has 1 nitrogen and oxygen atoms in total. The van der Waals surface area contributed by atoms with Crippen LogP contribution in [0.3, 0.4) is 0 Å². The molecular weight excluding hydrogens is 182 g/mol. The van der Waals surface area contributed by atoms with E-state index < -0.39 is 0 Å². The van der Waals surface area contributed by atoms with Crippen molar-refractivity contribution in [2.24, 2.45) is 0 Å². The van der Waals surface area contributed by atoms with Gasteiger partial charge in [-0.25, -0.2) is 0 Å². The molecule has 0 atom stereocenters. The van der Waals surface area contributed by atoms with Crippen LogP contribution in [0.25, 0.3) is 5.57 Å². The molecule has 0 aliphatic rings. The third-order valence-electron chi connectivity index (χ3n) is 2.23. The average Bonchev–Trinajstić information content (AvgIpc) is 2.26. The van der Waals surface area contributed by atoms with Gasteiger partial charge in [0.1, 0.15) is 0 Å². The Morgan fingerprint density at radius 2 is 2.00 bits per heavy atom. The van der Waals surface area contributed by atoms with Crippen LogP contribution in [-0.4, -0.2) is 4.98 Å². The number of aromatic nitrogens is 1. The Hall–Kier alpha value is -1.63. The molecule has 0 amide bonds. The lowest BCUT2D eigenvalue weighted by Crippen LogP contribution is -1.85. The summed E-state index contributed by atoms with van der Waals surface area (Å²) in [7, 11) is 0. The number of hydrogen-bond donors (Lipinski definition) is 0. The summed E-state index contributed by atoms with van der Waals surface area (Å²) in [6.07, 6.45) is 7.83. The van der Waals surface area contributed by atoms with E-state index in [4.69, 9.17) is 0 Å². The van der Waals surface area contributed by atoms with E-state index >= 15 is 0 Å². The van der Waals surface area contributed by atoms with E-state index in [0.29, 0.717) is 0 Å². The molecule has 1 heterocycles. The van der Waals surface area contributed by atoms with Gasteiger partial charge < -0.3 is 0 Å². The zero-order valence-electron chi connectivity index (χ0n) is 9.62. The summed E-state index contributed by atoms with van der Waals surface area (Å²) in [5.74, 6) is 0. The minimum absolute atomic E-state index is 1.02. The Bertz CT molecular complexity index is 394. The highest BCUT2D eigenvalue weighted by molar-refractivity contribution is 5.62. The third-order valence-corrected chi connectivity index (χ3v) is 2.23. The van der Waals surface area contributed by atoms with Crippen LogP contribution in [0.5, 0.6) is 0 Å². The molecule has 0 fully saturated rings. The maximum atomic E-state index is 4.36. The first-order chi connectivity index (χ1) is 7.13. The first-order valence-corrected chi connectivity index (χ1v) is 5.04. The fourth-order valence-corrected chi connectivity index (χ4v) is 1.11. The predicted molar refractivity (Wildman–Crippen MR) is 66.6 cm³/mol. The van der Waals surface area contributed by atoms with Crippen molar-refractivity contribution in [1.82, 2.24) is 4.98 Å². The molecule has 0 spiro atoms. The van der Waals surface area contributed by atoms with Crippen molar-refractivity contribution in [1.29, 1.82) is 0 Å². The van der Waals surface area contributed by atoms with Gasteiger partial charge in [-0.2, -0.15) is 0 Å². The van der Waals surface area contributed by atoms with Crippen LogP contribution in [0.2, 0.25) is 0 Å². The normalized spacial score (nSPS) is 12.7. The topological polar surface area (TPSA) is 12.9 Å². The second-order valence-corrected chi connectivity index (χ2v) is 3.69. The first-order valence-electron chi connectivity index (χ1n) is 5.04. The molecule has 0 N–H and O–H groups in total. The fourth-order valence-electron chi connectivity index (χ4n) is 1.11. The summed E-state index contributed by atoms with van der Waals surface area (Å²) >= 11 is 0. The van der Waals surface area contributed by atoms with E-state index in [1.54, 1.807) is 0 Å². The van der Waals surface area contributed by atoms with Gasteiger partial charge in [-0.15, -0.1) is 0 Å². The highest BCUT2D eigenvalue weighted by atomic mass is 14.7. The van der Waals surface area contributed by atoms with E-state index in [1.165, 1.54) is 5.56 Å². The number of aryl methyl sites for hydroxylation is 1. The molecule has 0 unspecified atom stereocenters. The van der Waals surface area contributed by atoms with Crippen molar-refractivity contribution in [3.05, 3.63) is 60.0 Å². The van der Waals surface area contributed by atoms with E-state index in [9.17, 15) is 0 Å². The summed E-state index contributed by atoms with van der Waals surface area (Å²) < 4.78 is 0. The van der Waals surface area contributed by atoms with Gasteiger partial charge in [0.15, 0.2) is 0 Å². The Labute approximate surface area is 91.9 Å². The second-order valence-electron chi connectivity index (χ2n) is 3.69. The molecule has 1 aromatic rings. The molecule has 78 valence electrons. The van der Waals surface area contributed by atoms with Crippen molar-refractivity contribution < 1.29 is 0 Å². The molecule has 1 aromatic heterocycles. The van der Waals surface area contributed by atoms with Gasteiger partial charge in [-0.05, 0) is 38.0 Å². The van der Waals surface area contributed by atoms with Gasteiger partial charge in [0.25, 0.3) is 0 Å². The van der Waals surface area contributed by atoms with Crippen LogP contribution in [0.15, 0.2) is 48.7 Å². The first kappa shape index (κ1) is 11.4. The number of hydrogen-bond acceptors (Lipinski definition) is 1. The monoisotopic (exact) mass is 199 g/mol. The zero-order valence-corrected chi connectivity index (χ0v) is 9.62. The quantitative estimate of drug-likeness (QED) is 0.672. The molecule has 15 heavy (non-hydrogen) atoms. The highest BCUT2D eigenvalue weighted by Gasteiger charge is 1.94. The van der Waals surface area contributed by atoms with Gasteiger partial charge >= 0.3 is 0 Å². The Morgan fingerprint density at radius 1 is 1.27 bits per heavy atom. The lowest BCUT2D eigenvalue weighted by molar-refractivity contribution is 1.22. The molecular formula is C14H17N. The molecule has 1 rings (SSSR count). The minimum Gasteiger partial charge on any atom is -0.256 e. The van der Waals surface area contributed by atoms with Crippen molar-refractivity contribution >= 4 is 5.57 Å². The van der Waals surface area contributed by atoms with Gasteiger partial charge in [-0.3, -0.25) is 4.98 Å². The fraction of sp³-hybridized carbons (Fsp3) is 0.214. The van der Waals surface area contributed by atoms with Crippen LogP contribution >= 0.6 is 0 Å². The third kappa shape index (κ3) is 3.55. The van der Waals surface area contributed by atoms with Crippen LogP contribution in [0, 0.1) is 6.92 Å². The highest BCUT2D eigenvalue weighted by Crippen LogP contribution is 2.11. The summed E-state index contributed by atoms with van der Waals surface area (Å²) in [4.78, 5) is 4.36. The average molecular weight is 199 g/mol. The van der Waals surface area contributed by atoms with Crippen molar-refractivity contribution in [3.63, 3.8) is 0 Å². The number of allylic oxidation sites excluding steroid dienone is 5. The van der Waals surface area contributed by atoms with E-state index in [-0.39, 0.29) is 0 Å². The number of pyridine rings is 1. The largest absolute Gasteiger partial charge is 0.256 e. The van der Waals surface area contributed by atoms with Crippen molar-refractivity contribution in [2.75, 3.05) is 0 Å². The molecule has 0 bridgehead atoms. The molecule has 0 saturated carbocycles. The number of nitrogens with zero attached hydrogens (tertiary/aromatic N) is 1. The standard InChI is InChI=1S/C14H17N/c1-5-11(2)6-8-13(4)14-9-7-12(3)10-15-14/h5-10H,1H2,2-4H3/b11-6-,13-8+. The molecule has 0 aliphatic heterocycles. The summed E-state index contributed by atoms with van der Waals surface area (Å²) in [6, 6.07) is 4.11. The molecule has 1 heteroatoms.